The summed E-state index contributed by atoms with van der Waals surface area (Å²) in [5.74, 6) is -1.30. The van der Waals surface area contributed by atoms with Gasteiger partial charge in [0.15, 0.2) is 15.9 Å². The first-order valence-electron chi connectivity index (χ1n) is 4.51. The monoisotopic (exact) mass is 222 g/mol. The van der Waals surface area contributed by atoms with Crippen LogP contribution in [0.1, 0.15) is 13.3 Å². The van der Waals surface area contributed by atoms with E-state index < -0.39 is 27.8 Å². The molecule has 1 aliphatic heterocycles. The Bertz CT molecular complexity index is 308. The standard InChI is InChI=1S/C8H14O5S/c1-2-13-8(10)7(9)6-3-4-14(11,12)5-6/h6-7,9H,2-5H2,1H3. The number of hydrogen-bond acceptors (Lipinski definition) is 5. The van der Waals surface area contributed by atoms with Crippen molar-refractivity contribution in [3.05, 3.63) is 0 Å². The predicted octanol–water partition coefficient (Wildman–Crippen LogP) is -0.655. The van der Waals surface area contributed by atoms with Crippen LogP contribution in [0, 0.1) is 5.92 Å². The van der Waals surface area contributed by atoms with E-state index in [4.69, 9.17) is 0 Å². The third-order valence-corrected chi connectivity index (χ3v) is 4.04. The molecule has 1 fully saturated rings. The molecule has 14 heavy (non-hydrogen) atoms. The first kappa shape index (κ1) is 11.5. The number of ether oxygens (including phenoxy) is 1. The van der Waals surface area contributed by atoms with Gasteiger partial charge in [-0.05, 0) is 13.3 Å². The topological polar surface area (TPSA) is 80.7 Å². The molecule has 0 bridgehead atoms. The maximum Gasteiger partial charge on any atom is 0.335 e. The van der Waals surface area contributed by atoms with Crippen molar-refractivity contribution in [3.63, 3.8) is 0 Å². The van der Waals surface area contributed by atoms with Crippen molar-refractivity contribution in [2.75, 3.05) is 18.1 Å². The Hall–Kier alpha value is -0.620. The van der Waals surface area contributed by atoms with Crippen molar-refractivity contribution >= 4 is 15.8 Å². The lowest BCUT2D eigenvalue weighted by molar-refractivity contribution is -0.155. The first-order valence-corrected chi connectivity index (χ1v) is 6.33. The van der Waals surface area contributed by atoms with Crippen LogP contribution in [0.25, 0.3) is 0 Å². The molecule has 2 atom stereocenters. The fourth-order valence-corrected chi connectivity index (χ4v) is 3.32. The second-order valence-corrected chi connectivity index (χ2v) is 5.59. The van der Waals surface area contributed by atoms with Gasteiger partial charge in [0, 0.05) is 5.92 Å². The van der Waals surface area contributed by atoms with Crippen LogP contribution in [0.4, 0.5) is 0 Å². The molecule has 82 valence electrons. The molecule has 2 unspecified atom stereocenters. The van der Waals surface area contributed by atoms with E-state index in [-0.39, 0.29) is 18.1 Å². The van der Waals surface area contributed by atoms with Gasteiger partial charge < -0.3 is 9.84 Å². The molecule has 0 aromatic rings. The van der Waals surface area contributed by atoms with Gasteiger partial charge in [0.2, 0.25) is 0 Å². The summed E-state index contributed by atoms with van der Waals surface area (Å²) in [6.45, 7) is 1.82. The lowest BCUT2D eigenvalue weighted by atomic mass is 10.0. The summed E-state index contributed by atoms with van der Waals surface area (Å²) < 4.78 is 26.7. The SMILES string of the molecule is CCOC(=O)C(O)C1CCS(=O)(=O)C1. The molecular weight excluding hydrogens is 208 g/mol. The molecule has 0 aliphatic carbocycles. The Kier molecular flexibility index (Phi) is 3.49. The third kappa shape index (κ3) is 2.68. The van der Waals surface area contributed by atoms with E-state index >= 15 is 0 Å². The van der Waals surface area contributed by atoms with E-state index in [9.17, 15) is 18.3 Å². The molecular formula is C8H14O5S. The zero-order chi connectivity index (χ0) is 10.8. The van der Waals surface area contributed by atoms with Gasteiger partial charge in [0.05, 0.1) is 18.1 Å². The van der Waals surface area contributed by atoms with Gasteiger partial charge in [-0.15, -0.1) is 0 Å². The van der Waals surface area contributed by atoms with Gasteiger partial charge in [-0.25, -0.2) is 13.2 Å². The van der Waals surface area contributed by atoms with Gasteiger partial charge in [0.25, 0.3) is 0 Å². The summed E-state index contributed by atoms with van der Waals surface area (Å²) in [4.78, 5) is 11.1. The van der Waals surface area contributed by atoms with E-state index in [1.54, 1.807) is 6.92 Å². The molecule has 0 spiro atoms. The van der Waals surface area contributed by atoms with Gasteiger partial charge in [-0.1, -0.05) is 0 Å². The van der Waals surface area contributed by atoms with Crippen LogP contribution >= 0.6 is 0 Å². The molecule has 1 saturated heterocycles. The van der Waals surface area contributed by atoms with Crippen molar-refractivity contribution in [3.8, 4) is 0 Å². The highest BCUT2D eigenvalue weighted by Gasteiger charge is 2.36. The summed E-state index contributed by atoms with van der Waals surface area (Å²) >= 11 is 0. The number of hydrogen-bond donors (Lipinski definition) is 1. The molecule has 0 radical (unpaired) electrons. The average Bonchev–Trinajstić information content (AvgIpc) is 2.45. The van der Waals surface area contributed by atoms with Crippen LogP contribution in [0.2, 0.25) is 0 Å². The zero-order valence-electron chi connectivity index (χ0n) is 7.97. The van der Waals surface area contributed by atoms with Crippen LogP contribution in [-0.2, 0) is 19.4 Å². The summed E-state index contributed by atoms with van der Waals surface area (Å²) in [5.41, 5.74) is 0. The highest BCUT2D eigenvalue weighted by molar-refractivity contribution is 7.91. The Morgan fingerprint density at radius 2 is 2.29 bits per heavy atom. The van der Waals surface area contributed by atoms with Crippen molar-refractivity contribution in [2.45, 2.75) is 19.4 Å². The van der Waals surface area contributed by atoms with Crippen molar-refractivity contribution in [1.82, 2.24) is 0 Å². The van der Waals surface area contributed by atoms with Crippen LogP contribution < -0.4 is 0 Å². The van der Waals surface area contributed by atoms with E-state index in [1.165, 1.54) is 0 Å². The number of carbonyl (C=O) groups excluding carboxylic acids is 1. The fourth-order valence-electron chi connectivity index (χ4n) is 1.49. The van der Waals surface area contributed by atoms with Crippen LogP contribution in [0.15, 0.2) is 0 Å². The molecule has 1 rings (SSSR count). The lowest BCUT2D eigenvalue weighted by Crippen LogP contribution is -2.32. The van der Waals surface area contributed by atoms with Crippen LogP contribution in [-0.4, -0.2) is 43.7 Å². The lowest BCUT2D eigenvalue weighted by Gasteiger charge is -2.14. The second-order valence-electron chi connectivity index (χ2n) is 3.36. The molecule has 0 saturated carbocycles. The minimum atomic E-state index is -3.06. The number of carbonyl (C=O) groups is 1. The Labute approximate surface area is 83.0 Å². The fraction of sp³-hybridized carbons (Fsp3) is 0.875. The summed E-state index contributed by atoms with van der Waals surface area (Å²) in [7, 11) is -3.06. The largest absolute Gasteiger partial charge is 0.464 e. The third-order valence-electron chi connectivity index (χ3n) is 2.24. The maximum atomic E-state index is 11.1. The Morgan fingerprint density at radius 3 is 2.71 bits per heavy atom. The molecule has 0 aromatic carbocycles. The minimum Gasteiger partial charge on any atom is -0.464 e. The quantitative estimate of drug-likeness (QED) is 0.641. The molecule has 1 N–H and O–H groups in total. The van der Waals surface area contributed by atoms with Gasteiger partial charge in [-0.3, -0.25) is 0 Å². The Morgan fingerprint density at radius 1 is 1.64 bits per heavy atom. The zero-order valence-corrected chi connectivity index (χ0v) is 8.79. The number of sulfone groups is 1. The molecule has 5 nitrogen and oxygen atoms in total. The number of aliphatic hydroxyl groups excluding tert-OH is 1. The normalized spacial score (nSPS) is 27.1. The maximum absolute atomic E-state index is 11.1. The molecule has 0 aromatic heterocycles. The molecule has 6 heteroatoms. The summed E-state index contributed by atoms with van der Waals surface area (Å²) in [6, 6.07) is 0. The highest BCUT2D eigenvalue weighted by atomic mass is 32.2. The molecule has 1 heterocycles. The first-order chi connectivity index (χ1) is 6.46. The highest BCUT2D eigenvalue weighted by Crippen LogP contribution is 2.22. The van der Waals surface area contributed by atoms with E-state index in [0.717, 1.165) is 0 Å². The number of esters is 1. The van der Waals surface area contributed by atoms with E-state index in [0.29, 0.717) is 6.42 Å². The smallest absolute Gasteiger partial charge is 0.335 e. The molecule has 1 aliphatic rings. The number of aliphatic hydroxyl groups is 1. The van der Waals surface area contributed by atoms with Crippen LogP contribution in [0.3, 0.4) is 0 Å². The van der Waals surface area contributed by atoms with Crippen molar-refractivity contribution < 1.29 is 23.1 Å². The summed E-state index contributed by atoms with van der Waals surface area (Å²) in [5, 5.41) is 9.44. The summed E-state index contributed by atoms with van der Waals surface area (Å²) in [6.07, 6.45) is -0.963. The Balaban J connectivity index is 2.55. The minimum absolute atomic E-state index is 0.0497. The van der Waals surface area contributed by atoms with Crippen molar-refractivity contribution in [1.29, 1.82) is 0 Å². The van der Waals surface area contributed by atoms with Gasteiger partial charge in [-0.2, -0.15) is 0 Å². The molecule has 0 amide bonds. The second kappa shape index (κ2) is 4.27. The van der Waals surface area contributed by atoms with Gasteiger partial charge >= 0.3 is 5.97 Å². The van der Waals surface area contributed by atoms with E-state index in [1.807, 2.05) is 0 Å². The number of rotatable bonds is 3. The van der Waals surface area contributed by atoms with E-state index in [2.05, 4.69) is 4.74 Å². The van der Waals surface area contributed by atoms with Gasteiger partial charge in [0.1, 0.15) is 0 Å². The average molecular weight is 222 g/mol. The van der Waals surface area contributed by atoms with Crippen molar-refractivity contribution in [2.24, 2.45) is 5.92 Å². The van der Waals surface area contributed by atoms with Crippen LogP contribution in [0.5, 0.6) is 0 Å². The predicted molar refractivity (Wildman–Crippen MR) is 49.4 cm³/mol.